The average molecular weight is 473 g/mol. The van der Waals surface area contributed by atoms with Crippen molar-refractivity contribution in [2.24, 2.45) is 5.92 Å². The van der Waals surface area contributed by atoms with Gasteiger partial charge < -0.3 is 9.47 Å². The number of benzene rings is 1. The molecule has 1 aromatic carbocycles. The van der Waals surface area contributed by atoms with E-state index in [1.807, 2.05) is 19.9 Å². The van der Waals surface area contributed by atoms with E-state index < -0.39 is 0 Å². The van der Waals surface area contributed by atoms with Gasteiger partial charge in [-0.15, -0.1) is 0 Å². The zero-order valence-electron chi connectivity index (χ0n) is 21.1. The van der Waals surface area contributed by atoms with Crippen molar-refractivity contribution in [2.75, 3.05) is 6.79 Å². The molecule has 0 fully saturated rings. The number of aryl methyl sites for hydroxylation is 1. The van der Waals surface area contributed by atoms with E-state index in [1.54, 1.807) is 12.2 Å². The van der Waals surface area contributed by atoms with Crippen LogP contribution >= 0.6 is 0 Å². The fourth-order valence-corrected chi connectivity index (χ4v) is 6.04. The Morgan fingerprint density at radius 3 is 2.51 bits per heavy atom. The van der Waals surface area contributed by atoms with Crippen LogP contribution in [0.2, 0.25) is 0 Å². The van der Waals surface area contributed by atoms with E-state index in [9.17, 15) is 9.59 Å². The smallest absolute Gasteiger partial charge is 0.230 e. The number of fused-ring (bicyclic) bond motifs is 5. The van der Waals surface area contributed by atoms with Crippen LogP contribution in [0.1, 0.15) is 93.9 Å². The molecule has 0 amide bonds. The van der Waals surface area contributed by atoms with E-state index in [0.29, 0.717) is 12.8 Å². The Hall–Kier alpha value is -2.88. The maximum Gasteiger partial charge on any atom is 0.230 e. The summed E-state index contributed by atoms with van der Waals surface area (Å²) in [5.74, 6) is 2.12. The van der Waals surface area contributed by atoms with Crippen LogP contribution < -0.4 is 4.74 Å². The largest absolute Gasteiger partial charge is 0.461 e. The lowest BCUT2D eigenvalue weighted by atomic mass is 9.72. The lowest BCUT2D eigenvalue weighted by molar-refractivity contribution is -0.115. The van der Waals surface area contributed by atoms with Crippen LogP contribution in [0.4, 0.5) is 0 Å². The van der Waals surface area contributed by atoms with Crippen LogP contribution in [-0.2, 0) is 27.2 Å². The van der Waals surface area contributed by atoms with Crippen molar-refractivity contribution in [1.29, 1.82) is 0 Å². The monoisotopic (exact) mass is 472 g/mol. The summed E-state index contributed by atoms with van der Waals surface area (Å²) in [6.45, 7) is 3.93. The molecule has 0 saturated carbocycles. The molecule has 4 heteroatoms. The number of hydrogen-bond acceptors (Lipinski definition) is 4. The number of ketones is 2. The molecular formula is C31H36O4. The molecule has 4 nitrogen and oxygen atoms in total. The molecule has 184 valence electrons. The molecular weight excluding hydrogens is 436 g/mol. The standard InChI is InChI=1S/C31H36O4/c1-3-24(32)15-13-22-17-20-9-5-7-11-26(20)28-29-27-12-8-6-10-21(27)18-23(14-16-25(33)4-2)31(29)35-19-34-30(22)28/h13-17,23H,3-12,18-19H2,1-2H3/b15-13-,16-14-. The van der Waals surface area contributed by atoms with E-state index in [1.165, 1.54) is 59.1 Å². The molecule has 1 aliphatic heterocycles. The Labute approximate surface area is 208 Å². The van der Waals surface area contributed by atoms with Gasteiger partial charge in [0.15, 0.2) is 11.6 Å². The molecule has 0 bridgehead atoms. The summed E-state index contributed by atoms with van der Waals surface area (Å²) < 4.78 is 12.7. The van der Waals surface area contributed by atoms with E-state index in [4.69, 9.17) is 9.47 Å². The van der Waals surface area contributed by atoms with Crippen molar-refractivity contribution in [3.63, 3.8) is 0 Å². The summed E-state index contributed by atoms with van der Waals surface area (Å²) in [4.78, 5) is 24.3. The Balaban J connectivity index is 1.74. The molecule has 0 saturated heterocycles. The maximum absolute atomic E-state index is 12.1. The second-order valence-corrected chi connectivity index (χ2v) is 10.1. The molecule has 1 aromatic rings. The zero-order valence-corrected chi connectivity index (χ0v) is 21.1. The molecule has 0 aromatic heterocycles. The van der Waals surface area contributed by atoms with Crippen LogP contribution in [0.15, 0.2) is 41.2 Å². The summed E-state index contributed by atoms with van der Waals surface area (Å²) in [7, 11) is 0. The third-order valence-electron chi connectivity index (χ3n) is 7.89. The predicted molar refractivity (Wildman–Crippen MR) is 139 cm³/mol. The minimum absolute atomic E-state index is 0.0482. The molecule has 0 N–H and O–H groups in total. The maximum atomic E-state index is 12.1. The molecule has 35 heavy (non-hydrogen) atoms. The average Bonchev–Trinajstić information content (AvgIpc) is 3.10. The summed E-state index contributed by atoms with van der Waals surface area (Å²) in [6, 6.07) is 2.23. The number of carbonyl (C=O) groups is 2. The quantitative estimate of drug-likeness (QED) is 0.416. The van der Waals surface area contributed by atoms with E-state index in [2.05, 4.69) is 12.1 Å². The van der Waals surface area contributed by atoms with Gasteiger partial charge in [0, 0.05) is 35.5 Å². The number of carbonyl (C=O) groups excluding carboxylic acids is 2. The highest BCUT2D eigenvalue weighted by Crippen LogP contribution is 2.52. The topological polar surface area (TPSA) is 52.6 Å². The minimum Gasteiger partial charge on any atom is -0.461 e. The van der Waals surface area contributed by atoms with Crippen molar-refractivity contribution >= 4 is 23.2 Å². The molecule has 0 spiro atoms. The van der Waals surface area contributed by atoms with Crippen molar-refractivity contribution in [3.8, 4) is 5.75 Å². The summed E-state index contributed by atoms with van der Waals surface area (Å²) in [6.07, 6.45) is 18.4. The van der Waals surface area contributed by atoms with Gasteiger partial charge in [0.25, 0.3) is 0 Å². The third-order valence-corrected chi connectivity index (χ3v) is 7.89. The molecule has 1 heterocycles. The molecule has 3 aliphatic carbocycles. The van der Waals surface area contributed by atoms with Crippen molar-refractivity contribution < 1.29 is 19.1 Å². The molecule has 1 atom stereocenters. The highest BCUT2D eigenvalue weighted by Gasteiger charge is 2.36. The van der Waals surface area contributed by atoms with E-state index >= 15 is 0 Å². The Kier molecular flexibility index (Phi) is 7.08. The lowest BCUT2D eigenvalue weighted by Crippen LogP contribution is -2.19. The Bertz CT molecular complexity index is 1160. The summed E-state index contributed by atoms with van der Waals surface area (Å²) in [5.41, 5.74) is 9.07. The summed E-state index contributed by atoms with van der Waals surface area (Å²) in [5, 5.41) is 0. The van der Waals surface area contributed by atoms with Gasteiger partial charge in [0.05, 0.1) is 0 Å². The predicted octanol–water partition coefficient (Wildman–Crippen LogP) is 7.06. The molecule has 5 rings (SSSR count). The second-order valence-electron chi connectivity index (χ2n) is 10.1. The highest BCUT2D eigenvalue weighted by atomic mass is 16.7. The first kappa shape index (κ1) is 23.8. The van der Waals surface area contributed by atoms with Gasteiger partial charge in [0.2, 0.25) is 6.79 Å². The van der Waals surface area contributed by atoms with Gasteiger partial charge in [0.1, 0.15) is 11.5 Å². The van der Waals surface area contributed by atoms with Crippen molar-refractivity contribution in [3.05, 3.63) is 63.5 Å². The van der Waals surface area contributed by atoms with Gasteiger partial charge in [-0.2, -0.15) is 0 Å². The molecule has 1 unspecified atom stereocenters. The van der Waals surface area contributed by atoms with Crippen LogP contribution in [0, 0.1) is 5.92 Å². The molecule has 4 aliphatic rings. The number of hydrogen-bond donors (Lipinski definition) is 0. The normalized spacial score (nSPS) is 21.6. The van der Waals surface area contributed by atoms with Gasteiger partial charge in [-0.25, -0.2) is 0 Å². The first-order valence-corrected chi connectivity index (χ1v) is 13.4. The van der Waals surface area contributed by atoms with Crippen LogP contribution in [0.3, 0.4) is 0 Å². The van der Waals surface area contributed by atoms with Gasteiger partial charge in [-0.3, -0.25) is 9.59 Å². The fraction of sp³-hybridized carbons (Fsp3) is 0.484. The Morgan fingerprint density at radius 1 is 0.943 bits per heavy atom. The van der Waals surface area contributed by atoms with Gasteiger partial charge in [-0.1, -0.05) is 25.5 Å². The number of rotatable bonds is 6. The van der Waals surface area contributed by atoms with Gasteiger partial charge >= 0.3 is 0 Å². The van der Waals surface area contributed by atoms with Crippen LogP contribution in [-0.4, -0.2) is 18.4 Å². The zero-order chi connectivity index (χ0) is 24.4. The fourth-order valence-electron chi connectivity index (χ4n) is 6.04. The highest BCUT2D eigenvalue weighted by molar-refractivity contribution is 5.95. The SMILES string of the molecule is CCC(=O)/C=C\c1cc2c(c3c1OCOC1=C3C3=C(CCCC3)CC1/C=C\C(=O)CC)CCCC2. The lowest BCUT2D eigenvalue weighted by Gasteiger charge is -2.34. The van der Waals surface area contributed by atoms with Crippen LogP contribution in [0.5, 0.6) is 5.75 Å². The first-order chi connectivity index (χ1) is 17.1. The van der Waals surface area contributed by atoms with E-state index in [-0.39, 0.29) is 24.3 Å². The molecule has 0 radical (unpaired) electrons. The first-order valence-electron chi connectivity index (χ1n) is 13.4. The third kappa shape index (κ3) is 4.68. The van der Waals surface area contributed by atoms with Gasteiger partial charge in [-0.05, 0) is 98.8 Å². The van der Waals surface area contributed by atoms with Crippen molar-refractivity contribution in [2.45, 2.75) is 84.5 Å². The Morgan fingerprint density at radius 2 is 1.69 bits per heavy atom. The summed E-state index contributed by atoms with van der Waals surface area (Å²) >= 11 is 0. The minimum atomic E-state index is 0.0482. The second kappa shape index (κ2) is 10.4. The van der Waals surface area contributed by atoms with Crippen LogP contribution in [0.25, 0.3) is 11.6 Å². The van der Waals surface area contributed by atoms with E-state index in [0.717, 1.165) is 49.2 Å². The number of ether oxygens (including phenoxy) is 2. The van der Waals surface area contributed by atoms with Crippen molar-refractivity contribution in [1.82, 2.24) is 0 Å². The number of allylic oxidation sites excluding steroid dienone is 6.